The number of nitrogens with zero attached hydrogens (tertiary/aromatic N) is 5. The van der Waals surface area contributed by atoms with Gasteiger partial charge >= 0.3 is 0 Å². The molecular weight excluding hydrogens is 451 g/mol. The van der Waals surface area contributed by atoms with Crippen LogP contribution in [0.25, 0.3) is 22.5 Å². The predicted molar refractivity (Wildman–Crippen MR) is 125 cm³/mol. The van der Waals surface area contributed by atoms with Crippen LogP contribution in [-0.2, 0) is 0 Å². The van der Waals surface area contributed by atoms with Gasteiger partial charge in [-0.05, 0) is 55.9 Å². The summed E-state index contributed by atoms with van der Waals surface area (Å²) >= 11 is 0. The lowest BCUT2D eigenvalue weighted by Gasteiger charge is -2.40. The van der Waals surface area contributed by atoms with Crippen LogP contribution >= 0.6 is 0 Å². The second kappa shape index (κ2) is 8.01. The summed E-state index contributed by atoms with van der Waals surface area (Å²) in [4.78, 5) is 10.9. The Bertz CT molecular complexity index is 1270. The first-order valence-corrected chi connectivity index (χ1v) is 12.1. The molecule has 2 aromatic heterocycles. The SMILES string of the molecule is Oc1cc(-c2cnc3c(c2)OCO3)ccc1-c1ncc(N(C2CC2)[C@H]2C[C@@H]3CC[C@@H](N3)[C@H]2F)nn1. The number of hydrogen-bond donors (Lipinski definition) is 2. The van der Waals surface area contributed by atoms with Crippen molar-refractivity contribution in [1.82, 2.24) is 25.5 Å². The molecule has 0 unspecified atom stereocenters. The summed E-state index contributed by atoms with van der Waals surface area (Å²) in [7, 11) is 0. The number of aromatic hydroxyl groups is 1. The Hall–Kier alpha value is -3.53. The molecule has 7 rings (SSSR count). The topological polar surface area (TPSA) is 106 Å². The van der Waals surface area contributed by atoms with Gasteiger partial charge in [-0.1, -0.05) is 6.07 Å². The van der Waals surface area contributed by atoms with Crippen molar-refractivity contribution in [2.24, 2.45) is 0 Å². The highest BCUT2D eigenvalue weighted by Gasteiger charge is 2.48. The van der Waals surface area contributed by atoms with Gasteiger partial charge in [-0.2, -0.15) is 0 Å². The van der Waals surface area contributed by atoms with Crippen LogP contribution in [0.15, 0.2) is 36.7 Å². The molecule has 10 heteroatoms. The fourth-order valence-electron chi connectivity index (χ4n) is 5.59. The summed E-state index contributed by atoms with van der Waals surface area (Å²) in [5.41, 5.74) is 2.04. The molecule has 3 fully saturated rings. The highest BCUT2D eigenvalue weighted by molar-refractivity contribution is 5.73. The zero-order chi connectivity index (χ0) is 23.5. The van der Waals surface area contributed by atoms with E-state index in [-0.39, 0.29) is 24.6 Å². The van der Waals surface area contributed by atoms with Crippen LogP contribution < -0.4 is 19.7 Å². The summed E-state index contributed by atoms with van der Waals surface area (Å²) in [6, 6.07) is 7.47. The van der Waals surface area contributed by atoms with E-state index < -0.39 is 6.17 Å². The number of phenols is 1. The highest BCUT2D eigenvalue weighted by Crippen LogP contribution is 2.40. The summed E-state index contributed by atoms with van der Waals surface area (Å²) < 4.78 is 25.9. The van der Waals surface area contributed by atoms with Crippen LogP contribution in [0.1, 0.15) is 32.1 Å². The van der Waals surface area contributed by atoms with E-state index in [0.717, 1.165) is 43.2 Å². The van der Waals surface area contributed by atoms with E-state index in [2.05, 4.69) is 30.4 Å². The third-order valence-electron chi connectivity index (χ3n) is 7.47. The van der Waals surface area contributed by atoms with Crippen molar-refractivity contribution < 1.29 is 19.0 Å². The highest BCUT2D eigenvalue weighted by atomic mass is 19.1. The fraction of sp³-hybridized carbons (Fsp3) is 0.440. The van der Waals surface area contributed by atoms with Gasteiger partial charge in [0.15, 0.2) is 17.4 Å². The fourth-order valence-corrected chi connectivity index (χ4v) is 5.59. The smallest absolute Gasteiger partial charge is 0.260 e. The minimum atomic E-state index is -0.932. The molecule has 35 heavy (non-hydrogen) atoms. The number of piperidine rings is 1. The van der Waals surface area contributed by atoms with Crippen molar-refractivity contribution in [2.45, 2.75) is 62.4 Å². The molecule has 180 valence electrons. The second-order valence-corrected chi connectivity index (χ2v) is 9.74. The summed E-state index contributed by atoms with van der Waals surface area (Å²) in [5, 5.41) is 22.9. The molecule has 5 heterocycles. The second-order valence-electron chi connectivity index (χ2n) is 9.74. The van der Waals surface area contributed by atoms with E-state index in [4.69, 9.17) is 9.47 Å². The van der Waals surface area contributed by atoms with Gasteiger partial charge in [-0.3, -0.25) is 0 Å². The number of anilines is 1. The molecule has 2 N–H and O–H groups in total. The standard InChI is InChI=1S/C25H25FN6O3/c26-23-18-6-2-15(29-18)9-19(23)32(16-3-4-16)22-11-27-24(31-30-22)17-5-1-13(7-20(17)33)14-8-21-25(28-10-14)35-12-34-21/h1,5,7-8,10-11,15-16,18-19,23,29,33H,2-4,6,9,12H2/t15-,18+,19-,23+/m0/s1. The molecule has 2 saturated heterocycles. The third-order valence-corrected chi connectivity index (χ3v) is 7.47. The zero-order valence-electron chi connectivity index (χ0n) is 19.0. The largest absolute Gasteiger partial charge is 0.507 e. The number of halogens is 1. The maximum atomic E-state index is 15.3. The molecule has 1 aromatic carbocycles. The van der Waals surface area contributed by atoms with Crippen molar-refractivity contribution in [3.05, 3.63) is 36.7 Å². The predicted octanol–water partition coefficient (Wildman–Crippen LogP) is 3.23. The van der Waals surface area contributed by atoms with Crippen LogP contribution in [0.3, 0.4) is 0 Å². The van der Waals surface area contributed by atoms with E-state index in [1.807, 2.05) is 12.1 Å². The average molecular weight is 477 g/mol. The molecule has 1 aliphatic carbocycles. The molecule has 0 radical (unpaired) electrons. The van der Waals surface area contributed by atoms with E-state index in [9.17, 15) is 5.11 Å². The quantitative estimate of drug-likeness (QED) is 0.574. The number of rotatable bonds is 5. The number of ether oxygens (including phenoxy) is 2. The lowest BCUT2D eigenvalue weighted by atomic mass is 9.96. The van der Waals surface area contributed by atoms with Crippen LogP contribution in [-0.4, -0.2) is 62.4 Å². The Kier molecular flexibility index (Phi) is 4.76. The van der Waals surface area contributed by atoms with Gasteiger partial charge in [0.2, 0.25) is 6.79 Å². The Morgan fingerprint density at radius 3 is 2.71 bits per heavy atom. The number of aromatic nitrogens is 4. The van der Waals surface area contributed by atoms with Crippen LogP contribution in [0.2, 0.25) is 0 Å². The summed E-state index contributed by atoms with van der Waals surface area (Å²) in [5.74, 6) is 2.00. The summed E-state index contributed by atoms with van der Waals surface area (Å²) in [6.07, 6.45) is 7.16. The number of nitrogens with one attached hydrogen (secondary N) is 1. The van der Waals surface area contributed by atoms with E-state index in [1.54, 1.807) is 24.5 Å². The number of alkyl halides is 1. The van der Waals surface area contributed by atoms with E-state index in [0.29, 0.717) is 40.9 Å². The maximum Gasteiger partial charge on any atom is 0.260 e. The first-order chi connectivity index (χ1) is 17.1. The Morgan fingerprint density at radius 2 is 1.91 bits per heavy atom. The number of phenolic OH excluding ortho intramolecular Hbond substituents is 1. The molecule has 3 aromatic rings. The Balaban J connectivity index is 1.15. The van der Waals surface area contributed by atoms with E-state index >= 15 is 4.39 Å². The molecule has 0 amide bonds. The van der Waals surface area contributed by atoms with Crippen LogP contribution in [0.5, 0.6) is 17.4 Å². The summed E-state index contributed by atoms with van der Waals surface area (Å²) in [6.45, 7) is 0.152. The lowest BCUT2D eigenvalue weighted by Crippen LogP contribution is -2.57. The van der Waals surface area contributed by atoms with Gasteiger partial charge in [0, 0.05) is 29.9 Å². The van der Waals surface area contributed by atoms with Crippen molar-refractivity contribution in [1.29, 1.82) is 0 Å². The average Bonchev–Trinajstić information content (AvgIpc) is 3.45. The van der Waals surface area contributed by atoms with Gasteiger partial charge in [0.05, 0.1) is 17.8 Å². The monoisotopic (exact) mass is 476 g/mol. The van der Waals surface area contributed by atoms with Crippen molar-refractivity contribution in [3.63, 3.8) is 0 Å². The first kappa shape index (κ1) is 20.8. The first-order valence-electron chi connectivity index (χ1n) is 12.1. The van der Waals surface area contributed by atoms with Gasteiger partial charge < -0.3 is 24.8 Å². The third kappa shape index (κ3) is 3.63. The molecule has 2 bridgehead atoms. The van der Waals surface area contributed by atoms with Gasteiger partial charge in [0.25, 0.3) is 5.88 Å². The van der Waals surface area contributed by atoms with Gasteiger partial charge in [-0.25, -0.2) is 14.4 Å². The van der Waals surface area contributed by atoms with E-state index in [1.165, 1.54) is 0 Å². The minimum Gasteiger partial charge on any atom is -0.507 e. The number of benzene rings is 1. The number of pyridine rings is 1. The van der Waals surface area contributed by atoms with Crippen molar-refractivity contribution >= 4 is 5.82 Å². The molecule has 0 spiro atoms. The normalized spacial score (nSPS) is 26.7. The maximum absolute atomic E-state index is 15.3. The molecule has 1 saturated carbocycles. The zero-order valence-corrected chi connectivity index (χ0v) is 19.0. The van der Waals surface area contributed by atoms with Gasteiger partial charge in [-0.15, -0.1) is 10.2 Å². The lowest BCUT2D eigenvalue weighted by molar-refractivity contribution is 0.171. The Morgan fingerprint density at radius 1 is 1.00 bits per heavy atom. The number of hydrogen-bond acceptors (Lipinski definition) is 9. The van der Waals surface area contributed by atoms with Crippen LogP contribution in [0, 0.1) is 0 Å². The molecule has 3 aliphatic heterocycles. The minimum absolute atomic E-state index is 0.0347. The number of fused-ring (bicyclic) bond motifs is 3. The molecular formula is C25H25FN6O3. The van der Waals surface area contributed by atoms with Crippen LogP contribution in [0.4, 0.5) is 10.2 Å². The molecule has 9 nitrogen and oxygen atoms in total. The van der Waals surface area contributed by atoms with Crippen molar-refractivity contribution in [2.75, 3.05) is 11.7 Å². The Labute approximate surface area is 201 Å². The van der Waals surface area contributed by atoms with Gasteiger partial charge in [0.1, 0.15) is 11.9 Å². The molecule has 4 aliphatic rings. The van der Waals surface area contributed by atoms with Crippen molar-refractivity contribution in [3.8, 4) is 39.9 Å². The molecule has 4 atom stereocenters.